The molecule has 0 amide bonds. The van der Waals surface area contributed by atoms with Gasteiger partial charge in [0.05, 0.1) is 0 Å². The number of benzene rings is 3. The second-order valence-corrected chi connectivity index (χ2v) is 16.2. The number of hydrogen-bond donors (Lipinski definition) is 0. The normalized spacial score (nSPS) is 13.2. The molecule has 0 radical (unpaired) electrons. The topological polar surface area (TPSA) is 12.9 Å². The number of pyridine rings is 1. The van der Waals surface area contributed by atoms with Gasteiger partial charge in [0.1, 0.15) is 0 Å². The fourth-order valence-electron chi connectivity index (χ4n) is 3.72. The number of halogens is 2. The van der Waals surface area contributed by atoms with Crippen molar-refractivity contribution >= 4 is 44.5 Å². The second kappa shape index (κ2) is 7.04. The van der Waals surface area contributed by atoms with Gasteiger partial charge in [-0.2, -0.15) is 0 Å². The van der Waals surface area contributed by atoms with Gasteiger partial charge in [0.15, 0.2) is 0 Å². The fourth-order valence-corrected chi connectivity index (χ4v) is 7.18. The van der Waals surface area contributed by atoms with E-state index in [-0.39, 0.29) is 3.61 Å². The van der Waals surface area contributed by atoms with Crippen molar-refractivity contribution in [1.82, 2.24) is 4.98 Å². The van der Waals surface area contributed by atoms with E-state index in [4.69, 9.17) is 0 Å². The predicted molar refractivity (Wildman–Crippen MR) is 121 cm³/mol. The van der Waals surface area contributed by atoms with E-state index in [2.05, 4.69) is 37.0 Å². The second-order valence-electron chi connectivity index (χ2n) is 8.70. The minimum atomic E-state index is -5.21. The molecule has 1 nitrogen and oxygen atoms in total. The molecule has 150 valence electrons. The Kier molecular flexibility index (Phi) is 4.92. The Morgan fingerprint density at radius 3 is 2.00 bits per heavy atom. The molecular weight excluding hydrogens is 480 g/mol. The van der Waals surface area contributed by atoms with Crippen LogP contribution in [-0.2, 0) is 0 Å². The maximum absolute atomic E-state index is 15.2. The summed E-state index contributed by atoms with van der Waals surface area (Å²) in [4.78, 5) is 4.64. The van der Waals surface area contributed by atoms with Crippen LogP contribution in [0, 0.1) is 13.8 Å². The summed E-state index contributed by atoms with van der Waals surface area (Å²) in [6.45, 7) is 9.11. The van der Waals surface area contributed by atoms with Gasteiger partial charge in [-0.05, 0) is 0 Å². The SMILES string of the molecule is Cc1cc(C)cc(-c2cc3c(ccc4ccc([Te](F)(F)C(C)(C)C)cc43)cn2)c1. The van der Waals surface area contributed by atoms with E-state index >= 15 is 5.78 Å². The Labute approximate surface area is 176 Å². The number of fused-ring (bicyclic) bond motifs is 3. The zero-order valence-corrected chi connectivity index (χ0v) is 19.7. The quantitative estimate of drug-likeness (QED) is 0.210. The van der Waals surface area contributed by atoms with Crippen LogP contribution in [0.1, 0.15) is 31.9 Å². The van der Waals surface area contributed by atoms with Crippen LogP contribution in [0.3, 0.4) is 0 Å². The molecule has 0 atom stereocenters. The monoisotopic (exact) mass is 507 g/mol. The summed E-state index contributed by atoms with van der Waals surface area (Å²) in [6, 6.07) is 17.6. The third kappa shape index (κ3) is 3.65. The van der Waals surface area contributed by atoms with Crippen LogP contribution in [0.15, 0.2) is 60.8 Å². The molecule has 0 spiro atoms. The van der Waals surface area contributed by atoms with Crippen LogP contribution in [0.2, 0.25) is 3.46 Å². The summed E-state index contributed by atoms with van der Waals surface area (Å²) < 4.78 is 29.7. The predicted octanol–water partition coefficient (Wildman–Crippen LogP) is 7.06. The van der Waals surface area contributed by atoms with Crippen LogP contribution in [0.25, 0.3) is 32.8 Å². The van der Waals surface area contributed by atoms with E-state index in [1.165, 1.54) is 11.1 Å². The molecule has 0 bridgehead atoms. The Morgan fingerprint density at radius 1 is 0.759 bits per heavy atom. The number of aromatic nitrogens is 1. The van der Waals surface area contributed by atoms with Gasteiger partial charge < -0.3 is 0 Å². The number of hydrogen-bond acceptors (Lipinski definition) is 1. The fraction of sp³-hybridized carbons (Fsp3) is 0.240. The first-order valence-corrected chi connectivity index (χ1v) is 13.8. The molecule has 4 heteroatoms. The molecule has 0 fully saturated rings. The minimum absolute atomic E-state index is 0.241. The summed E-state index contributed by atoms with van der Waals surface area (Å²) in [5.41, 5.74) is 4.28. The van der Waals surface area contributed by atoms with Crippen molar-refractivity contribution in [1.29, 1.82) is 0 Å². The van der Waals surface area contributed by atoms with E-state index in [1.54, 1.807) is 32.9 Å². The average molecular weight is 505 g/mol. The summed E-state index contributed by atoms with van der Waals surface area (Å²) in [7, 11) is 0. The van der Waals surface area contributed by atoms with Crippen molar-refractivity contribution in [3.63, 3.8) is 0 Å². The molecule has 0 aliphatic carbocycles. The first-order chi connectivity index (χ1) is 13.6. The number of nitrogens with zero attached hydrogens (tertiary/aromatic N) is 1. The summed E-state index contributed by atoms with van der Waals surface area (Å²) in [6.07, 6.45) is 1.85. The Morgan fingerprint density at radius 2 is 1.34 bits per heavy atom. The van der Waals surface area contributed by atoms with Gasteiger partial charge >= 0.3 is 177 Å². The van der Waals surface area contributed by atoms with E-state index in [0.29, 0.717) is 0 Å². The number of aryl methyl sites for hydroxylation is 2. The van der Waals surface area contributed by atoms with Gasteiger partial charge in [0.25, 0.3) is 0 Å². The zero-order valence-electron chi connectivity index (χ0n) is 17.4. The van der Waals surface area contributed by atoms with Crippen molar-refractivity contribution in [2.45, 2.75) is 38.1 Å². The summed E-state index contributed by atoms with van der Waals surface area (Å²) >= 11 is -5.21. The Balaban J connectivity index is 1.97. The molecule has 0 unspecified atom stereocenters. The Hall–Kier alpha value is -2.02. The van der Waals surface area contributed by atoms with Gasteiger partial charge in [0, 0.05) is 0 Å². The van der Waals surface area contributed by atoms with Crippen LogP contribution in [-0.4, -0.2) is 24.3 Å². The number of rotatable bonds is 2. The van der Waals surface area contributed by atoms with Gasteiger partial charge in [0.2, 0.25) is 0 Å². The summed E-state index contributed by atoms with van der Waals surface area (Å²) in [5.74, 6) is 0. The van der Waals surface area contributed by atoms with E-state index in [0.717, 1.165) is 32.8 Å². The van der Waals surface area contributed by atoms with Crippen LogP contribution < -0.4 is 3.61 Å². The van der Waals surface area contributed by atoms with E-state index < -0.39 is 22.8 Å². The van der Waals surface area contributed by atoms with Crippen LogP contribution in [0.5, 0.6) is 0 Å². The van der Waals surface area contributed by atoms with Crippen LogP contribution in [0.4, 0.5) is 5.78 Å². The molecule has 3 aromatic carbocycles. The third-order valence-corrected chi connectivity index (χ3v) is 12.1. The molecule has 0 saturated carbocycles. The molecule has 0 aliphatic rings. The van der Waals surface area contributed by atoms with Crippen molar-refractivity contribution in [3.05, 3.63) is 71.9 Å². The molecule has 0 saturated heterocycles. The first-order valence-electron chi connectivity index (χ1n) is 9.70. The van der Waals surface area contributed by atoms with Crippen molar-refractivity contribution < 1.29 is 5.78 Å². The third-order valence-electron chi connectivity index (χ3n) is 5.27. The standard InChI is InChI=1S/C25H25F2NTe/c1-16-10-17(2)12-20(11-16)24-14-23-19(15-28-24)7-6-18-8-9-21(13-22(18)23)29(26,27)25(3,4)5/h6-15H,1-5H3. The van der Waals surface area contributed by atoms with Crippen molar-refractivity contribution in [2.75, 3.05) is 0 Å². The van der Waals surface area contributed by atoms with Gasteiger partial charge in [-0.15, -0.1) is 0 Å². The molecule has 0 N–H and O–H groups in total. The molecule has 29 heavy (non-hydrogen) atoms. The maximum atomic E-state index is 15.2. The molecule has 0 aliphatic heterocycles. The van der Waals surface area contributed by atoms with Crippen molar-refractivity contribution in [2.24, 2.45) is 0 Å². The Bertz CT molecular complexity index is 1220. The van der Waals surface area contributed by atoms with Gasteiger partial charge in [-0.1, -0.05) is 0 Å². The molecule has 1 heterocycles. The van der Waals surface area contributed by atoms with Crippen molar-refractivity contribution in [3.8, 4) is 11.3 Å². The van der Waals surface area contributed by atoms with Gasteiger partial charge in [-0.3, -0.25) is 0 Å². The summed E-state index contributed by atoms with van der Waals surface area (Å²) in [5, 5.41) is 3.80. The molecule has 1 aromatic heterocycles. The van der Waals surface area contributed by atoms with Crippen LogP contribution >= 0.6 is 0 Å². The average Bonchev–Trinajstić information content (AvgIpc) is 2.65. The first kappa shape index (κ1) is 20.3. The van der Waals surface area contributed by atoms with E-state index in [1.807, 2.05) is 30.5 Å². The molecule has 4 rings (SSSR count). The van der Waals surface area contributed by atoms with Gasteiger partial charge in [-0.25, -0.2) is 0 Å². The molecule has 4 aromatic rings. The van der Waals surface area contributed by atoms with E-state index in [9.17, 15) is 0 Å². The molecular formula is C25H25F2NTe. The zero-order chi connectivity index (χ0) is 21.0.